The summed E-state index contributed by atoms with van der Waals surface area (Å²) >= 11 is 1.45. The fraction of sp³-hybridized carbons (Fsp3) is 0.250. The number of anilines is 1. The predicted molar refractivity (Wildman–Crippen MR) is 103 cm³/mol. The number of hydrogen-bond acceptors (Lipinski definition) is 4. The summed E-state index contributed by atoms with van der Waals surface area (Å²) in [5.74, 6) is -0.0301. The van der Waals surface area contributed by atoms with E-state index in [1.165, 1.54) is 16.9 Å². The summed E-state index contributed by atoms with van der Waals surface area (Å²) in [4.78, 5) is 14.7. The molecule has 0 radical (unpaired) electrons. The van der Waals surface area contributed by atoms with Crippen LogP contribution < -0.4 is 4.90 Å². The van der Waals surface area contributed by atoms with Gasteiger partial charge in [-0.15, -0.1) is 10.2 Å². The third kappa shape index (κ3) is 3.94. The van der Waals surface area contributed by atoms with Gasteiger partial charge in [-0.2, -0.15) is 0 Å². The summed E-state index contributed by atoms with van der Waals surface area (Å²) in [6.07, 6.45) is 0.858. The molecule has 0 saturated heterocycles. The Bertz CT molecular complexity index is 888. The molecule has 1 heterocycles. The highest BCUT2D eigenvalue weighted by Gasteiger charge is 2.21. The van der Waals surface area contributed by atoms with Crippen LogP contribution in [0.25, 0.3) is 10.6 Å². The third-order valence-corrected chi connectivity index (χ3v) is 4.86. The van der Waals surface area contributed by atoms with Gasteiger partial charge in [0, 0.05) is 17.7 Å². The van der Waals surface area contributed by atoms with E-state index in [1.807, 2.05) is 43.3 Å². The Labute approximate surface area is 152 Å². The van der Waals surface area contributed by atoms with Crippen molar-refractivity contribution in [1.82, 2.24) is 10.2 Å². The molecule has 2 aromatic carbocycles. The van der Waals surface area contributed by atoms with Gasteiger partial charge in [-0.25, -0.2) is 0 Å². The van der Waals surface area contributed by atoms with Crippen LogP contribution in [0, 0.1) is 13.8 Å². The average molecular weight is 351 g/mol. The molecule has 3 aromatic rings. The number of hydrogen-bond donors (Lipinski definition) is 0. The number of carbonyl (C=O) groups is 1. The molecule has 0 spiro atoms. The van der Waals surface area contributed by atoms with Crippen LogP contribution in [0.2, 0.25) is 0 Å². The maximum atomic E-state index is 13.0. The number of amides is 1. The molecule has 4 nitrogen and oxygen atoms in total. The van der Waals surface area contributed by atoms with Crippen LogP contribution in [0.1, 0.15) is 34.8 Å². The largest absolute Gasteiger partial charge is 0.283 e. The molecular weight excluding hydrogens is 330 g/mol. The first-order chi connectivity index (χ1) is 12.1. The summed E-state index contributed by atoms with van der Waals surface area (Å²) in [6.45, 7) is 6.71. The topological polar surface area (TPSA) is 46.1 Å². The van der Waals surface area contributed by atoms with Crippen molar-refractivity contribution in [3.63, 3.8) is 0 Å². The zero-order chi connectivity index (χ0) is 17.8. The molecular formula is C20H21N3OS. The molecule has 0 aliphatic heterocycles. The van der Waals surface area contributed by atoms with E-state index in [4.69, 9.17) is 0 Å². The Hall–Kier alpha value is -2.53. The quantitative estimate of drug-likeness (QED) is 0.658. The SMILES string of the molecule is CCCN(C(=O)c1cccc(C)c1)c1nnc(-c2cccc(C)c2)s1. The Morgan fingerprint density at radius 3 is 2.44 bits per heavy atom. The molecule has 0 aliphatic carbocycles. The van der Waals surface area contributed by atoms with Crippen LogP contribution in [0.5, 0.6) is 0 Å². The van der Waals surface area contributed by atoms with Crippen molar-refractivity contribution in [3.8, 4) is 10.6 Å². The van der Waals surface area contributed by atoms with Gasteiger partial charge in [-0.3, -0.25) is 9.69 Å². The second kappa shape index (κ2) is 7.57. The number of aryl methyl sites for hydroxylation is 2. The Morgan fingerprint density at radius 2 is 1.76 bits per heavy atom. The van der Waals surface area contributed by atoms with E-state index >= 15 is 0 Å². The lowest BCUT2D eigenvalue weighted by molar-refractivity contribution is 0.0986. The monoisotopic (exact) mass is 351 g/mol. The van der Waals surface area contributed by atoms with E-state index in [9.17, 15) is 4.79 Å². The zero-order valence-electron chi connectivity index (χ0n) is 14.7. The van der Waals surface area contributed by atoms with E-state index in [0.29, 0.717) is 17.2 Å². The lowest BCUT2D eigenvalue weighted by Crippen LogP contribution is -2.31. The molecule has 0 atom stereocenters. The number of rotatable bonds is 5. The summed E-state index contributed by atoms with van der Waals surface area (Å²) in [6, 6.07) is 15.8. The van der Waals surface area contributed by atoms with Crippen LogP contribution in [0.3, 0.4) is 0 Å². The molecule has 1 amide bonds. The first-order valence-corrected chi connectivity index (χ1v) is 9.19. The van der Waals surface area contributed by atoms with Crippen molar-refractivity contribution in [1.29, 1.82) is 0 Å². The maximum Gasteiger partial charge on any atom is 0.260 e. The van der Waals surface area contributed by atoms with Crippen molar-refractivity contribution < 1.29 is 4.79 Å². The molecule has 0 bridgehead atoms. The van der Waals surface area contributed by atoms with Gasteiger partial charge in [-0.05, 0) is 38.5 Å². The Kier molecular flexibility index (Phi) is 5.24. The lowest BCUT2D eigenvalue weighted by atomic mass is 10.1. The Balaban J connectivity index is 1.92. The zero-order valence-corrected chi connectivity index (χ0v) is 15.5. The molecule has 0 unspecified atom stereocenters. The van der Waals surface area contributed by atoms with Crippen molar-refractivity contribution in [2.24, 2.45) is 0 Å². The summed E-state index contributed by atoms with van der Waals surface area (Å²) in [5.41, 5.74) is 3.96. The molecule has 0 fully saturated rings. The van der Waals surface area contributed by atoms with Crippen molar-refractivity contribution in [3.05, 3.63) is 65.2 Å². The van der Waals surface area contributed by atoms with Crippen LogP contribution in [0.15, 0.2) is 48.5 Å². The molecule has 5 heteroatoms. The maximum absolute atomic E-state index is 13.0. The normalized spacial score (nSPS) is 10.7. The summed E-state index contributed by atoms with van der Waals surface area (Å²) in [5, 5.41) is 10.1. The van der Waals surface area contributed by atoms with E-state index < -0.39 is 0 Å². The highest BCUT2D eigenvalue weighted by molar-refractivity contribution is 7.18. The van der Waals surface area contributed by atoms with Crippen LogP contribution in [0.4, 0.5) is 5.13 Å². The first-order valence-electron chi connectivity index (χ1n) is 8.37. The van der Waals surface area contributed by atoms with E-state index in [1.54, 1.807) is 4.90 Å². The summed E-state index contributed by atoms with van der Waals surface area (Å²) < 4.78 is 0. The van der Waals surface area contributed by atoms with E-state index in [2.05, 4.69) is 36.2 Å². The van der Waals surface area contributed by atoms with Crippen molar-refractivity contribution >= 4 is 22.4 Å². The van der Waals surface area contributed by atoms with Gasteiger partial charge >= 0.3 is 0 Å². The van der Waals surface area contributed by atoms with Crippen LogP contribution in [-0.4, -0.2) is 22.6 Å². The highest BCUT2D eigenvalue weighted by atomic mass is 32.1. The van der Waals surface area contributed by atoms with Gasteiger partial charge in [-0.1, -0.05) is 59.7 Å². The molecule has 0 aliphatic rings. The summed E-state index contributed by atoms with van der Waals surface area (Å²) in [7, 11) is 0. The second-order valence-corrected chi connectivity index (χ2v) is 7.04. The third-order valence-electron chi connectivity index (χ3n) is 3.87. The minimum atomic E-state index is -0.0301. The van der Waals surface area contributed by atoms with Gasteiger partial charge < -0.3 is 0 Å². The van der Waals surface area contributed by atoms with Gasteiger partial charge in [0.2, 0.25) is 5.13 Å². The second-order valence-electron chi connectivity index (χ2n) is 6.09. The fourth-order valence-corrected chi connectivity index (χ4v) is 3.53. The standard InChI is InChI=1S/C20H21N3OS/c1-4-11-23(19(24)17-10-6-8-15(3)13-17)20-22-21-18(25-20)16-9-5-7-14(2)12-16/h5-10,12-13H,4,11H2,1-3H3. The highest BCUT2D eigenvalue weighted by Crippen LogP contribution is 2.30. The van der Waals surface area contributed by atoms with Crippen molar-refractivity contribution in [2.75, 3.05) is 11.4 Å². The van der Waals surface area contributed by atoms with Gasteiger partial charge in [0.1, 0.15) is 5.01 Å². The molecule has 0 N–H and O–H groups in total. The predicted octanol–water partition coefficient (Wildman–Crippen LogP) is 4.88. The van der Waals surface area contributed by atoms with Crippen LogP contribution >= 0.6 is 11.3 Å². The molecule has 1 aromatic heterocycles. The Morgan fingerprint density at radius 1 is 1.04 bits per heavy atom. The van der Waals surface area contributed by atoms with E-state index in [0.717, 1.165) is 22.6 Å². The average Bonchev–Trinajstić information content (AvgIpc) is 3.09. The van der Waals surface area contributed by atoms with Gasteiger partial charge in [0.15, 0.2) is 0 Å². The van der Waals surface area contributed by atoms with E-state index in [-0.39, 0.29) is 5.91 Å². The lowest BCUT2D eigenvalue weighted by Gasteiger charge is -2.18. The minimum Gasteiger partial charge on any atom is -0.283 e. The number of nitrogens with zero attached hydrogens (tertiary/aromatic N) is 3. The van der Waals surface area contributed by atoms with Gasteiger partial charge in [0.05, 0.1) is 0 Å². The fourth-order valence-electron chi connectivity index (χ4n) is 2.66. The number of benzene rings is 2. The molecule has 25 heavy (non-hydrogen) atoms. The molecule has 3 rings (SSSR count). The smallest absolute Gasteiger partial charge is 0.260 e. The first kappa shape index (κ1) is 17.3. The molecule has 128 valence electrons. The van der Waals surface area contributed by atoms with Crippen molar-refractivity contribution in [2.45, 2.75) is 27.2 Å². The number of carbonyl (C=O) groups excluding carboxylic acids is 1. The number of aromatic nitrogens is 2. The van der Waals surface area contributed by atoms with Crippen LogP contribution in [-0.2, 0) is 0 Å². The minimum absolute atomic E-state index is 0.0301. The van der Waals surface area contributed by atoms with Gasteiger partial charge in [0.25, 0.3) is 5.91 Å². The molecule has 0 saturated carbocycles.